The van der Waals surface area contributed by atoms with E-state index in [0.29, 0.717) is 4.31 Å². The van der Waals surface area contributed by atoms with Crippen LogP contribution in [0.15, 0.2) is 0 Å². The van der Waals surface area contributed by atoms with Gasteiger partial charge >= 0.3 is 0 Å². The summed E-state index contributed by atoms with van der Waals surface area (Å²) >= 11 is 0. The van der Waals surface area contributed by atoms with Crippen LogP contribution in [0, 0.1) is 0 Å². The molecule has 0 radical (unpaired) electrons. The first kappa shape index (κ1) is 18.7. The van der Waals surface area contributed by atoms with Gasteiger partial charge in [0.1, 0.15) is 0 Å². The molecule has 0 saturated heterocycles. The van der Waals surface area contributed by atoms with E-state index < -0.39 is 53.8 Å². The summed E-state index contributed by atoms with van der Waals surface area (Å²) in [5.74, 6) is -1.76. The maximum atomic E-state index is 11.6. The minimum atomic E-state index is -4.42. The molecule has 0 aromatic heterocycles. The van der Waals surface area contributed by atoms with Gasteiger partial charge in [0.25, 0.3) is 20.2 Å². The van der Waals surface area contributed by atoms with Gasteiger partial charge < -0.3 is 0 Å². The van der Waals surface area contributed by atoms with Crippen molar-refractivity contribution in [2.24, 2.45) is 0 Å². The van der Waals surface area contributed by atoms with Crippen molar-refractivity contribution in [1.82, 2.24) is 4.31 Å². The van der Waals surface area contributed by atoms with E-state index >= 15 is 0 Å². The van der Waals surface area contributed by atoms with Gasteiger partial charge in [0, 0.05) is 12.1 Å². The fraction of sp³-hybridized carbons (Fsp3) is 1.00. The predicted molar refractivity (Wildman–Crippen MR) is 68.4 cm³/mol. The Morgan fingerprint density at radius 3 is 1.26 bits per heavy atom. The Balaban J connectivity index is 5.37. The van der Waals surface area contributed by atoms with Gasteiger partial charge in [0.2, 0.25) is 10.0 Å². The van der Waals surface area contributed by atoms with Crippen LogP contribution in [-0.2, 0) is 30.3 Å². The smallest absolute Gasteiger partial charge is 0.266 e. The fourth-order valence-corrected chi connectivity index (χ4v) is 5.03. The number of rotatable bonds is 7. The molecule has 0 fully saturated rings. The molecule has 0 amide bonds. The summed E-state index contributed by atoms with van der Waals surface area (Å²) in [6, 6.07) is -2.36. The van der Waals surface area contributed by atoms with Crippen molar-refractivity contribution in [1.29, 1.82) is 0 Å². The molecule has 0 aliphatic heterocycles. The molecule has 19 heavy (non-hydrogen) atoms. The monoisotopic (exact) mass is 339 g/mol. The highest BCUT2D eigenvalue weighted by Gasteiger charge is 2.33. The molecule has 0 aromatic rings. The summed E-state index contributed by atoms with van der Waals surface area (Å²) in [7, 11) is -12.8. The van der Waals surface area contributed by atoms with Gasteiger partial charge in [-0.1, -0.05) is 0 Å². The van der Waals surface area contributed by atoms with Gasteiger partial charge in [-0.2, -0.15) is 21.1 Å². The lowest BCUT2D eigenvalue weighted by Gasteiger charge is -2.30. The molecule has 0 heterocycles. The number of sulfonamides is 1. The normalized spacial score (nSPS) is 17.4. The lowest BCUT2D eigenvalue weighted by atomic mass is 10.3. The Morgan fingerprint density at radius 1 is 0.842 bits per heavy atom. The van der Waals surface area contributed by atoms with Gasteiger partial charge in [-0.15, -0.1) is 0 Å². The van der Waals surface area contributed by atoms with E-state index in [1.165, 1.54) is 13.8 Å². The van der Waals surface area contributed by atoms with Crippen molar-refractivity contribution in [2.75, 3.05) is 17.8 Å². The van der Waals surface area contributed by atoms with Crippen molar-refractivity contribution in [3.8, 4) is 0 Å². The topological polar surface area (TPSA) is 146 Å². The summed E-state index contributed by atoms with van der Waals surface area (Å²) in [6.45, 7) is 2.41. The van der Waals surface area contributed by atoms with Crippen LogP contribution in [0.25, 0.3) is 0 Å². The third-order valence-corrected chi connectivity index (χ3v) is 5.45. The zero-order valence-electron chi connectivity index (χ0n) is 10.6. The molecule has 0 aromatic carbocycles. The molecule has 0 rings (SSSR count). The number of hydrogen-bond acceptors (Lipinski definition) is 6. The van der Waals surface area contributed by atoms with Gasteiger partial charge in [0.05, 0.1) is 17.8 Å². The first-order chi connectivity index (χ1) is 8.13. The van der Waals surface area contributed by atoms with Crippen LogP contribution in [0.4, 0.5) is 0 Å². The lowest BCUT2D eigenvalue weighted by Crippen LogP contribution is -2.49. The molecule has 0 saturated carbocycles. The Labute approximate surface area is 113 Å². The van der Waals surface area contributed by atoms with E-state index in [0.717, 1.165) is 6.26 Å². The summed E-state index contributed by atoms with van der Waals surface area (Å²) < 4.78 is 84.1. The van der Waals surface area contributed by atoms with E-state index in [2.05, 4.69) is 0 Å². The standard InChI is InChI=1S/C7H17NO8S3/c1-6(4-18(11,12)13)8(17(3,9)10)7(2)5-19(14,15)16/h6-7H,4-5H2,1-3H3,(H,11,12,13)(H,14,15,16). The second kappa shape index (κ2) is 6.01. The third kappa shape index (κ3) is 7.79. The maximum absolute atomic E-state index is 11.6. The SMILES string of the molecule is CC(CS(=O)(=O)O)N(C(C)CS(=O)(=O)O)S(C)(=O)=O. The van der Waals surface area contributed by atoms with E-state index in [-0.39, 0.29) is 0 Å². The Hall–Kier alpha value is -0.270. The average molecular weight is 339 g/mol. The van der Waals surface area contributed by atoms with Crippen molar-refractivity contribution in [3.05, 3.63) is 0 Å². The maximum Gasteiger partial charge on any atom is 0.266 e. The zero-order valence-corrected chi connectivity index (χ0v) is 13.0. The molecule has 2 unspecified atom stereocenters. The van der Waals surface area contributed by atoms with Crippen LogP contribution < -0.4 is 0 Å². The molecule has 0 spiro atoms. The lowest BCUT2D eigenvalue weighted by molar-refractivity contribution is 0.300. The van der Waals surface area contributed by atoms with Gasteiger partial charge in [-0.25, -0.2) is 8.42 Å². The van der Waals surface area contributed by atoms with Crippen molar-refractivity contribution in [3.63, 3.8) is 0 Å². The molecular formula is C7H17NO8S3. The Morgan fingerprint density at radius 2 is 1.11 bits per heavy atom. The molecule has 0 aliphatic carbocycles. The fourth-order valence-electron chi connectivity index (χ4n) is 1.84. The summed E-state index contributed by atoms with van der Waals surface area (Å²) in [5.41, 5.74) is 0. The van der Waals surface area contributed by atoms with Crippen LogP contribution in [0.2, 0.25) is 0 Å². The van der Waals surface area contributed by atoms with Crippen LogP contribution in [-0.4, -0.2) is 68.5 Å². The van der Waals surface area contributed by atoms with E-state index in [9.17, 15) is 25.3 Å². The molecule has 116 valence electrons. The van der Waals surface area contributed by atoms with Crippen molar-refractivity contribution in [2.45, 2.75) is 25.9 Å². The molecule has 2 atom stereocenters. The minimum absolute atomic E-state index is 0.620. The van der Waals surface area contributed by atoms with Crippen LogP contribution in [0.1, 0.15) is 13.8 Å². The van der Waals surface area contributed by atoms with Crippen LogP contribution in [0.5, 0.6) is 0 Å². The van der Waals surface area contributed by atoms with Gasteiger partial charge in [-0.3, -0.25) is 9.11 Å². The second-order valence-electron chi connectivity index (χ2n) is 4.29. The summed E-state index contributed by atoms with van der Waals surface area (Å²) in [6.07, 6.45) is 0.772. The van der Waals surface area contributed by atoms with Crippen molar-refractivity contribution >= 4 is 30.3 Å². The van der Waals surface area contributed by atoms with E-state index in [1.54, 1.807) is 0 Å². The molecule has 12 heteroatoms. The Bertz CT molecular complexity index is 565. The summed E-state index contributed by atoms with van der Waals surface area (Å²) in [4.78, 5) is 0. The molecule has 9 nitrogen and oxygen atoms in total. The highest BCUT2D eigenvalue weighted by atomic mass is 32.2. The largest absolute Gasteiger partial charge is 0.285 e. The quantitative estimate of drug-likeness (QED) is 0.550. The predicted octanol–water partition coefficient (Wildman–Crippen LogP) is -1.20. The zero-order chi connectivity index (χ0) is 15.6. The summed E-state index contributed by atoms with van der Waals surface area (Å²) in [5, 5.41) is 0. The van der Waals surface area contributed by atoms with E-state index in [1.807, 2.05) is 0 Å². The highest BCUT2D eigenvalue weighted by molar-refractivity contribution is 7.89. The average Bonchev–Trinajstić information content (AvgIpc) is 1.90. The molecule has 0 aliphatic rings. The van der Waals surface area contributed by atoms with Crippen LogP contribution in [0.3, 0.4) is 0 Å². The van der Waals surface area contributed by atoms with Gasteiger partial charge in [-0.05, 0) is 13.8 Å². The van der Waals surface area contributed by atoms with E-state index in [4.69, 9.17) is 9.11 Å². The number of nitrogens with zero attached hydrogens (tertiary/aromatic N) is 1. The number of hydrogen-bond donors (Lipinski definition) is 2. The molecular weight excluding hydrogens is 322 g/mol. The van der Waals surface area contributed by atoms with Gasteiger partial charge in [0.15, 0.2) is 0 Å². The van der Waals surface area contributed by atoms with Crippen molar-refractivity contribution < 1.29 is 34.4 Å². The highest BCUT2D eigenvalue weighted by Crippen LogP contribution is 2.14. The first-order valence-electron chi connectivity index (χ1n) is 5.02. The molecule has 2 N–H and O–H groups in total. The molecule has 0 bridgehead atoms. The van der Waals surface area contributed by atoms with Crippen LogP contribution >= 0.6 is 0 Å². The minimum Gasteiger partial charge on any atom is -0.285 e. The second-order valence-corrected chi connectivity index (χ2v) is 9.17. The third-order valence-electron chi connectivity index (χ3n) is 2.16. The first-order valence-corrected chi connectivity index (χ1v) is 10.1. The Kier molecular flexibility index (Phi) is 5.93.